The molecular formula is C17H21F3N2O3. The maximum absolute atomic E-state index is 13.2. The monoisotopic (exact) mass is 358 g/mol. The van der Waals surface area contributed by atoms with E-state index in [9.17, 15) is 22.8 Å². The maximum atomic E-state index is 13.2. The standard InChI is InChI=1S/C17H21F3N2O3/c1-16(2,3)25-15(24)22-8-6-12(17(18,19)20)9-13(22)14-11(10-23)5-4-7-21-14/h4-5,7,10,12-13H,6,8-9H2,1-3H3. The van der Waals surface area contributed by atoms with Crippen LogP contribution in [-0.4, -0.2) is 40.6 Å². The molecular weight excluding hydrogens is 337 g/mol. The van der Waals surface area contributed by atoms with Crippen LogP contribution in [0.5, 0.6) is 0 Å². The highest BCUT2D eigenvalue weighted by Crippen LogP contribution is 2.42. The summed E-state index contributed by atoms with van der Waals surface area (Å²) in [5, 5.41) is 0. The minimum atomic E-state index is -4.37. The largest absolute Gasteiger partial charge is 0.444 e. The second-order valence-electron chi connectivity index (χ2n) is 7.05. The molecule has 0 N–H and O–H groups in total. The van der Waals surface area contributed by atoms with Crippen LogP contribution in [0.1, 0.15) is 55.7 Å². The Balaban J connectivity index is 2.38. The quantitative estimate of drug-likeness (QED) is 0.746. The molecule has 1 saturated heterocycles. The van der Waals surface area contributed by atoms with Gasteiger partial charge in [0.25, 0.3) is 0 Å². The number of amides is 1. The first-order chi connectivity index (χ1) is 11.5. The predicted octanol–water partition coefficient (Wildman–Crippen LogP) is 4.14. The molecule has 1 fully saturated rings. The van der Waals surface area contributed by atoms with Crippen LogP contribution in [0.25, 0.3) is 0 Å². The van der Waals surface area contributed by atoms with E-state index in [2.05, 4.69) is 4.98 Å². The first-order valence-electron chi connectivity index (χ1n) is 7.99. The highest BCUT2D eigenvalue weighted by molar-refractivity contribution is 5.77. The average Bonchev–Trinajstić information content (AvgIpc) is 2.51. The van der Waals surface area contributed by atoms with E-state index in [4.69, 9.17) is 4.74 Å². The molecule has 5 nitrogen and oxygen atoms in total. The molecule has 25 heavy (non-hydrogen) atoms. The van der Waals surface area contributed by atoms with E-state index in [0.717, 1.165) is 0 Å². The van der Waals surface area contributed by atoms with Crippen LogP contribution >= 0.6 is 0 Å². The van der Waals surface area contributed by atoms with Gasteiger partial charge < -0.3 is 4.74 Å². The van der Waals surface area contributed by atoms with Gasteiger partial charge in [-0.25, -0.2) is 4.79 Å². The van der Waals surface area contributed by atoms with Gasteiger partial charge in [0.15, 0.2) is 6.29 Å². The number of hydrogen-bond donors (Lipinski definition) is 0. The average molecular weight is 358 g/mol. The molecule has 2 atom stereocenters. The topological polar surface area (TPSA) is 59.5 Å². The molecule has 138 valence electrons. The number of nitrogens with zero attached hydrogens (tertiary/aromatic N) is 2. The Morgan fingerprint density at radius 3 is 2.60 bits per heavy atom. The lowest BCUT2D eigenvalue weighted by Crippen LogP contribution is -2.46. The fourth-order valence-electron chi connectivity index (χ4n) is 2.87. The minimum Gasteiger partial charge on any atom is -0.444 e. The molecule has 0 aliphatic carbocycles. The highest BCUT2D eigenvalue weighted by Gasteiger charge is 2.47. The third kappa shape index (κ3) is 4.70. The predicted molar refractivity (Wildman–Crippen MR) is 84.1 cm³/mol. The van der Waals surface area contributed by atoms with Crippen molar-refractivity contribution in [2.75, 3.05) is 6.54 Å². The molecule has 0 bridgehead atoms. The SMILES string of the molecule is CC(C)(C)OC(=O)N1CCC(C(F)(F)F)CC1c1ncccc1C=O. The molecule has 0 spiro atoms. The summed E-state index contributed by atoms with van der Waals surface area (Å²) in [7, 11) is 0. The molecule has 1 aromatic rings. The molecule has 0 saturated carbocycles. The number of alkyl halides is 3. The van der Waals surface area contributed by atoms with Crippen molar-refractivity contribution in [3.05, 3.63) is 29.6 Å². The van der Waals surface area contributed by atoms with Gasteiger partial charge in [0.05, 0.1) is 17.7 Å². The molecule has 2 unspecified atom stereocenters. The van der Waals surface area contributed by atoms with E-state index >= 15 is 0 Å². The summed E-state index contributed by atoms with van der Waals surface area (Å²) in [6, 6.07) is 2.03. The van der Waals surface area contributed by atoms with Gasteiger partial charge in [-0.1, -0.05) is 0 Å². The second kappa shape index (κ2) is 7.01. The van der Waals surface area contributed by atoms with Gasteiger partial charge in [-0.05, 0) is 45.7 Å². The molecule has 8 heteroatoms. The number of aromatic nitrogens is 1. The zero-order valence-electron chi connectivity index (χ0n) is 14.3. The lowest BCUT2D eigenvalue weighted by Gasteiger charge is -2.40. The van der Waals surface area contributed by atoms with Crippen LogP contribution in [0, 0.1) is 5.92 Å². The molecule has 0 radical (unpaired) electrons. The van der Waals surface area contributed by atoms with Crippen LogP contribution < -0.4 is 0 Å². The van der Waals surface area contributed by atoms with E-state index in [-0.39, 0.29) is 30.6 Å². The van der Waals surface area contributed by atoms with E-state index < -0.39 is 29.8 Å². The van der Waals surface area contributed by atoms with Crippen molar-refractivity contribution in [3.63, 3.8) is 0 Å². The highest BCUT2D eigenvalue weighted by atomic mass is 19.4. The lowest BCUT2D eigenvalue weighted by atomic mass is 9.87. The van der Waals surface area contributed by atoms with E-state index in [1.807, 2.05) is 0 Å². The number of carbonyl (C=O) groups is 2. The summed E-state index contributed by atoms with van der Waals surface area (Å²) < 4.78 is 44.9. The summed E-state index contributed by atoms with van der Waals surface area (Å²) in [5.74, 6) is -1.56. The number of rotatable bonds is 2. The van der Waals surface area contributed by atoms with Gasteiger partial charge >= 0.3 is 12.3 Å². The summed E-state index contributed by atoms with van der Waals surface area (Å²) in [6.45, 7) is 4.93. The van der Waals surface area contributed by atoms with Gasteiger partial charge in [0, 0.05) is 18.3 Å². The van der Waals surface area contributed by atoms with Crippen molar-refractivity contribution in [2.45, 2.75) is 51.4 Å². The number of ether oxygens (including phenoxy) is 1. The Hall–Kier alpha value is -2.12. The first kappa shape index (κ1) is 19.2. The van der Waals surface area contributed by atoms with Crippen LogP contribution in [0.2, 0.25) is 0 Å². The van der Waals surface area contributed by atoms with Crippen molar-refractivity contribution < 1.29 is 27.5 Å². The Bertz CT molecular complexity index is 641. The molecule has 1 amide bonds. The second-order valence-corrected chi connectivity index (χ2v) is 7.05. The van der Waals surface area contributed by atoms with Crippen LogP contribution in [-0.2, 0) is 4.74 Å². The van der Waals surface area contributed by atoms with Crippen LogP contribution in [0.15, 0.2) is 18.3 Å². The smallest absolute Gasteiger partial charge is 0.410 e. The molecule has 1 aliphatic rings. The third-order valence-electron chi connectivity index (χ3n) is 4.01. The van der Waals surface area contributed by atoms with Gasteiger partial charge in [0.2, 0.25) is 0 Å². The maximum Gasteiger partial charge on any atom is 0.410 e. The van der Waals surface area contributed by atoms with Crippen LogP contribution in [0.4, 0.5) is 18.0 Å². The fourth-order valence-corrected chi connectivity index (χ4v) is 2.87. The van der Waals surface area contributed by atoms with Crippen molar-refractivity contribution >= 4 is 12.4 Å². The van der Waals surface area contributed by atoms with E-state index in [1.165, 1.54) is 23.2 Å². The molecule has 1 aromatic heterocycles. The summed E-state index contributed by atoms with van der Waals surface area (Å²) in [6.07, 6.45) is -3.70. The van der Waals surface area contributed by atoms with Gasteiger partial charge in [0.1, 0.15) is 5.60 Å². The number of aldehydes is 1. The van der Waals surface area contributed by atoms with Crippen molar-refractivity contribution in [1.29, 1.82) is 0 Å². The number of hydrogen-bond acceptors (Lipinski definition) is 4. The van der Waals surface area contributed by atoms with Crippen molar-refractivity contribution in [3.8, 4) is 0 Å². The number of pyridine rings is 1. The minimum absolute atomic E-state index is 0.112. The molecule has 2 heterocycles. The van der Waals surface area contributed by atoms with Gasteiger partial charge in [-0.2, -0.15) is 13.2 Å². The fraction of sp³-hybridized carbons (Fsp3) is 0.588. The molecule has 0 aromatic carbocycles. The molecule has 1 aliphatic heterocycles. The Labute approximate surface area is 144 Å². The van der Waals surface area contributed by atoms with Gasteiger partial charge in [-0.3, -0.25) is 14.7 Å². The Morgan fingerprint density at radius 1 is 1.36 bits per heavy atom. The Kier molecular flexibility index (Phi) is 5.39. The molecule has 2 rings (SSSR count). The van der Waals surface area contributed by atoms with Crippen molar-refractivity contribution in [1.82, 2.24) is 9.88 Å². The number of halogens is 3. The Morgan fingerprint density at radius 2 is 2.04 bits per heavy atom. The number of piperidine rings is 1. The van der Waals surface area contributed by atoms with E-state index in [0.29, 0.717) is 6.29 Å². The van der Waals surface area contributed by atoms with Crippen LogP contribution in [0.3, 0.4) is 0 Å². The van der Waals surface area contributed by atoms with Gasteiger partial charge in [-0.15, -0.1) is 0 Å². The normalized spacial score (nSPS) is 21.8. The number of likely N-dealkylation sites (tertiary alicyclic amines) is 1. The number of carbonyl (C=O) groups excluding carboxylic acids is 2. The summed E-state index contributed by atoms with van der Waals surface area (Å²) in [5.41, 5.74) is -0.443. The third-order valence-corrected chi connectivity index (χ3v) is 4.01. The first-order valence-corrected chi connectivity index (χ1v) is 7.99. The summed E-state index contributed by atoms with van der Waals surface area (Å²) >= 11 is 0. The van der Waals surface area contributed by atoms with Crippen molar-refractivity contribution in [2.24, 2.45) is 5.92 Å². The lowest BCUT2D eigenvalue weighted by molar-refractivity contribution is -0.189. The zero-order valence-corrected chi connectivity index (χ0v) is 14.3. The van der Waals surface area contributed by atoms with E-state index in [1.54, 1.807) is 20.8 Å². The summed E-state index contributed by atoms with van der Waals surface area (Å²) in [4.78, 5) is 29.0. The zero-order chi connectivity index (χ0) is 18.8.